The predicted molar refractivity (Wildman–Crippen MR) is 77.4 cm³/mol. The van der Waals surface area contributed by atoms with Gasteiger partial charge in [0.1, 0.15) is 0 Å². The molecule has 0 saturated heterocycles. The Balaban J connectivity index is 2.20. The van der Waals surface area contributed by atoms with Crippen molar-refractivity contribution in [3.8, 4) is 5.75 Å². The summed E-state index contributed by atoms with van der Waals surface area (Å²) in [6.45, 7) is 1.44. The first-order valence-electron chi connectivity index (χ1n) is 6.27. The Hall–Kier alpha value is -2.69. The van der Waals surface area contributed by atoms with Gasteiger partial charge in [-0.15, -0.1) is 0 Å². The van der Waals surface area contributed by atoms with E-state index in [4.69, 9.17) is 4.74 Å². The van der Waals surface area contributed by atoms with Gasteiger partial charge in [0.15, 0.2) is 17.3 Å². The molecule has 2 aromatic rings. The average Bonchev–Trinajstić information content (AvgIpc) is 2.47. The highest BCUT2D eigenvalue weighted by Crippen LogP contribution is 2.19. The second-order valence-corrected chi connectivity index (χ2v) is 4.44. The van der Waals surface area contributed by atoms with Crippen LogP contribution in [0.3, 0.4) is 0 Å². The highest BCUT2D eigenvalue weighted by atomic mass is 19.1. The number of hydrogen-bond acceptors (Lipinski definition) is 3. The van der Waals surface area contributed by atoms with Crippen LogP contribution in [0.25, 0.3) is 0 Å². The van der Waals surface area contributed by atoms with Crippen LogP contribution in [0.15, 0.2) is 42.5 Å². The molecule has 0 atom stereocenters. The highest BCUT2D eigenvalue weighted by molar-refractivity contribution is 6.05. The molecule has 2 aromatic carbocycles. The fraction of sp³-hybridized carbons (Fsp3) is 0.125. The molecule has 5 heteroatoms. The number of ketones is 1. The normalized spacial score (nSPS) is 10.0. The summed E-state index contributed by atoms with van der Waals surface area (Å²) in [5.41, 5.74) is 1.14. The van der Waals surface area contributed by atoms with Crippen LogP contribution in [0, 0.1) is 5.82 Å². The maximum atomic E-state index is 13.6. The molecule has 108 valence electrons. The van der Waals surface area contributed by atoms with Gasteiger partial charge in [-0.25, -0.2) is 4.39 Å². The molecule has 1 N–H and O–H groups in total. The Bertz CT molecular complexity index is 698. The van der Waals surface area contributed by atoms with Crippen molar-refractivity contribution >= 4 is 17.4 Å². The Kier molecular flexibility index (Phi) is 4.33. The number of nitrogens with one attached hydrogen (secondary N) is 1. The molecule has 0 aliphatic rings. The second-order valence-electron chi connectivity index (χ2n) is 4.44. The first-order valence-corrected chi connectivity index (χ1v) is 6.27. The first-order chi connectivity index (χ1) is 10.0. The van der Waals surface area contributed by atoms with Gasteiger partial charge in [0.25, 0.3) is 5.91 Å². The summed E-state index contributed by atoms with van der Waals surface area (Å²) in [5.74, 6) is -1.09. The van der Waals surface area contributed by atoms with E-state index in [-0.39, 0.29) is 17.1 Å². The summed E-state index contributed by atoms with van der Waals surface area (Å²) in [5, 5.41) is 2.62. The summed E-state index contributed by atoms with van der Waals surface area (Å²) >= 11 is 0. The fourth-order valence-electron chi connectivity index (χ4n) is 1.83. The van der Waals surface area contributed by atoms with Crippen LogP contribution >= 0.6 is 0 Å². The predicted octanol–water partition coefficient (Wildman–Crippen LogP) is 3.29. The van der Waals surface area contributed by atoms with Gasteiger partial charge in [0, 0.05) is 16.8 Å². The van der Waals surface area contributed by atoms with Crippen LogP contribution in [0.1, 0.15) is 27.6 Å². The molecule has 0 aliphatic carbocycles. The number of halogens is 1. The number of rotatable bonds is 4. The maximum Gasteiger partial charge on any atom is 0.255 e. The van der Waals surface area contributed by atoms with Gasteiger partial charge in [-0.1, -0.05) is 12.1 Å². The van der Waals surface area contributed by atoms with Crippen molar-refractivity contribution in [2.45, 2.75) is 6.92 Å². The highest BCUT2D eigenvalue weighted by Gasteiger charge is 2.11. The molecule has 1 amide bonds. The maximum absolute atomic E-state index is 13.6. The van der Waals surface area contributed by atoms with Crippen molar-refractivity contribution in [1.82, 2.24) is 0 Å². The zero-order valence-corrected chi connectivity index (χ0v) is 11.6. The second kappa shape index (κ2) is 6.17. The van der Waals surface area contributed by atoms with Crippen molar-refractivity contribution in [1.29, 1.82) is 0 Å². The molecule has 4 nitrogen and oxygen atoms in total. The minimum atomic E-state index is -0.609. The Labute approximate surface area is 121 Å². The number of ether oxygens (including phenoxy) is 1. The van der Waals surface area contributed by atoms with Crippen molar-refractivity contribution < 1.29 is 18.7 Å². The molecular weight excluding hydrogens is 273 g/mol. The van der Waals surface area contributed by atoms with Crippen LogP contribution in [-0.2, 0) is 0 Å². The van der Waals surface area contributed by atoms with Gasteiger partial charge in [-0.2, -0.15) is 0 Å². The lowest BCUT2D eigenvalue weighted by Crippen LogP contribution is -2.12. The molecule has 0 bridgehead atoms. The number of carbonyl (C=O) groups is 2. The largest absolute Gasteiger partial charge is 0.494 e. The van der Waals surface area contributed by atoms with Crippen molar-refractivity contribution in [2.75, 3.05) is 12.4 Å². The van der Waals surface area contributed by atoms with Gasteiger partial charge < -0.3 is 10.1 Å². The Morgan fingerprint density at radius 2 is 1.86 bits per heavy atom. The summed E-state index contributed by atoms with van der Waals surface area (Å²) in [4.78, 5) is 23.3. The molecule has 0 aromatic heterocycles. The Morgan fingerprint density at radius 3 is 2.48 bits per heavy atom. The number of Topliss-reactive ketones (excluding diaryl/α,β-unsaturated/α-hetero) is 1. The topological polar surface area (TPSA) is 55.4 Å². The van der Waals surface area contributed by atoms with E-state index in [0.29, 0.717) is 11.3 Å². The third-order valence-electron chi connectivity index (χ3n) is 2.94. The van der Waals surface area contributed by atoms with E-state index in [1.165, 1.54) is 26.2 Å². The standard InChI is InChI=1S/C16H14FNO3/c1-10(19)11-4-3-5-13(8-11)18-16(20)12-6-7-15(21-2)14(17)9-12/h3-9H,1-2H3,(H,18,20). The molecule has 0 heterocycles. The van der Waals surface area contributed by atoms with Gasteiger partial charge >= 0.3 is 0 Å². The van der Waals surface area contributed by atoms with Gasteiger partial charge in [0.05, 0.1) is 7.11 Å². The van der Waals surface area contributed by atoms with E-state index in [0.717, 1.165) is 6.07 Å². The lowest BCUT2D eigenvalue weighted by atomic mass is 10.1. The van der Waals surface area contributed by atoms with Crippen molar-refractivity contribution in [2.24, 2.45) is 0 Å². The first kappa shape index (κ1) is 14.7. The summed E-state index contributed by atoms with van der Waals surface area (Å²) in [6, 6.07) is 10.5. The molecule has 0 aliphatic heterocycles. The molecule has 0 fully saturated rings. The van der Waals surface area contributed by atoms with Crippen LogP contribution in [0.5, 0.6) is 5.75 Å². The minimum absolute atomic E-state index is 0.0742. The average molecular weight is 287 g/mol. The fourth-order valence-corrected chi connectivity index (χ4v) is 1.83. The summed E-state index contributed by atoms with van der Waals surface area (Å²) < 4.78 is 18.4. The van der Waals surface area contributed by atoms with E-state index in [1.807, 2.05) is 0 Å². The molecule has 0 radical (unpaired) electrons. The summed E-state index contributed by atoms with van der Waals surface area (Å²) in [6.07, 6.45) is 0. The molecular formula is C16H14FNO3. The van der Waals surface area contributed by atoms with Crippen LogP contribution in [0.4, 0.5) is 10.1 Å². The van der Waals surface area contributed by atoms with Crippen LogP contribution < -0.4 is 10.1 Å². The van der Waals surface area contributed by atoms with Gasteiger partial charge in [-0.05, 0) is 37.3 Å². The molecule has 0 spiro atoms. The number of methoxy groups -OCH3 is 1. The molecule has 0 unspecified atom stereocenters. The number of amides is 1. The minimum Gasteiger partial charge on any atom is -0.494 e. The quantitative estimate of drug-likeness (QED) is 0.878. The number of carbonyl (C=O) groups excluding carboxylic acids is 2. The molecule has 2 rings (SSSR count). The van der Waals surface area contributed by atoms with Crippen molar-refractivity contribution in [3.63, 3.8) is 0 Å². The van der Waals surface area contributed by atoms with Gasteiger partial charge in [0.2, 0.25) is 0 Å². The third-order valence-corrected chi connectivity index (χ3v) is 2.94. The molecule has 21 heavy (non-hydrogen) atoms. The van der Waals surface area contributed by atoms with E-state index >= 15 is 0 Å². The zero-order chi connectivity index (χ0) is 15.4. The lowest BCUT2D eigenvalue weighted by molar-refractivity contribution is 0.101. The molecule has 0 saturated carbocycles. The summed E-state index contributed by atoms with van der Waals surface area (Å²) in [7, 11) is 1.35. The van der Waals surface area contributed by atoms with E-state index < -0.39 is 11.7 Å². The van der Waals surface area contributed by atoms with Crippen molar-refractivity contribution in [3.05, 3.63) is 59.4 Å². The number of hydrogen-bond donors (Lipinski definition) is 1. The lowest BCUT2D eigenvalue weighted by Gasteiger charge is -2.08. The Morgan fingerprint density at radius 1 is 1.10 bits per heavy atom. The van der Waals surface area contributed by atoms with Crippen LogP contribution in [-0.4, -0.2) is 18.8 Å². The van der Waals surface area contributed by atoms with E-state index in [9.17, 15) is 14.0 Å². The number of benzene rings is 2. The van der Waals surface area contributed by atoms with E-state index in [2.05, 4.69) is 5.32 Å². The monoisotopic (exact) mass is 287 g/mol. The zero-order valence-electron chi connectivity index (χ0n) is 11.6. The van der Waals surface area contributed by atoms with Crippen LogP contribution in [0.2, 0.25) is 0 Å². The third kappa shape index (κ3) is 3.45. The smallest absolute Gasteiger partial charge is 0.255 e. The SMILES string of the molecule is COc1ccc(C(=O)Nc2cccc(C(C)=O)c2)cc1F. The van der Waals surface area contributed by atoms with E-state index in [1.54, 1.807) is 24.3 Å². The number of anilines is 1. The van der Waals surface area contributed by atoms with Gasteiger partial charge in [-0.3, -0.25) is 9.59 Å².